The van der Waals surface area contributed by atoms with Crippen molar-refractivity contribution >= 4 is 33.9 Å². The summed E-state index contributed by atoms with van der Waals surface area (Å²) in [6.07, 6.45) is 2.13. The van der Waals surface area contributed by atoms with Crippen molar-refractivity contribution in [2.75, 3.05) is 17.2 Å². The lowest BCUT2D eigenvalue weighted by Crippen LogP contribution is -2.09. The van der Waals surface area contributed by atoms with Crippen molar-refractivity contribution < 1.29 is 4.92 Å². The summed E-state index contributed by atoms with van der Waals surface area (Å²) in [4.78, 5) is 23.6. The molecule has 2 aromatic heterocycles. The maximum absolute atomic E-state index is 11.5. The van der Waals surface area contributed by atoms with Gasteiger partial charge in [-0.05, 0) is 25.5 Å². The topological polar surface area (TPSA) is 106 Å². The van der Waals surface area contributed by atoms with E-state index in [2.05, 4.69) is 25.6 Å². The molecule has 0 aliphatic rings. The molecule has 0 radical (unpaired) electrons. The summed E-state index contributed by atoms with van der Waals surface area (Å²) >= 11 is 0. The van der Waals surface area contributed by atoms with E-state index >= 15 is 0 Å². The normalized spacial score (nSPS) is 10.6. The van der Waals surface area contributed by atoms with Crippen LogP contribution in [0.4, 0.5) is 23.0 Å². The van der Waals surface area contributed by atoms with Gasteiger partial charge < -0.3 is 10.6 Å². The molecule has 0 bridgehead atoms. The summed E-state index contributed by atoms with van der Waals surface area (Å²) in [6.45, 7) is 4.46. The molecule has 3 rings (SSSR count). The van der Waals surface area contributed by atoms with E-state index in [-0.39, 0.29) is 17.3 Å². The van der Waals surface area contributed by atoms with Gasteiger partial charge in [0.05, 0.1) is 16.1 Å². The zero-order valence-electron chi connectivity index (χ0n) is 14.0. The summed E-state index contributed by atoms with van der Waals surface area (Å²) in [7, 11) is 0. The summed E-state index contributed by atoms with van der Waals surface area (Å²) in [5.41, 5.74) is 2.08. The lowest BCUT2D eigenvalue weighted by Gasteiger charge is -2.11. The van der Waals surface area contributed by atoms with Crippen LogP contribution in [0.5, 0.6) is 0 Å². The number of nitrogens with zero attached hydrogens (tertiary/aromatic N) is 4. The Kier molecular flexibility index (Phi) is 4.69. The van der Waals surface area contributed by atoms with Crippen LogP contribution in [-0.2, 0) is 0 Å². The Balaban J connectivity index is 2.06. The standard InChI is InChI=1S/C17H18N6O2/c1-3-9-18-16-15(23(24)25)17(20-10-19-16)22-13-6-4-5-12-8-7-11(2)21-14(12)13/h4-8,10H,3,9H2,1-2H3,(H2,18,19,20,22). The predicted molar refractivity (Wildman–Crippen MR) is 97.2 cm³/mol. The van der Waals surface area contributed by atoms with Gasteiger partial charge >= 0.3 is 5.69 Å². The fourth-order valence-corrected chi connectivity index (χ4v) is 2.49. The minimum atomic E-state index is -0.482. The Bertz CT molecular complexity index is 928. The summed E-state index contributed by atoms with van der Waals surface area (Å²) in [5.74, 6) is 0.336. The monoisotopic (exact) mass is 338 g/mol. The number of rotatable bonds is 6. The van der Waals surface area contributed by atoms with E-state index in [1.807, 2.05) is 44.2 Å². The highest BCUT2D eigenvalue weighted by atomic mass is 16.6. The Morgan fingerprint density at radius 1 is 1.16 bits per heavy atom. The van der Waals surface area contributed by atoms with Crippen molar-refractivity contribution in [1.82, 2.24) is 15.0 Å². The minimum absolute atomic E-state index is 0.134. The van der Waals surface area contributed by atoms with E-state index in [0.717, 1.165) is 23.0 Å². The minimum Gasteiger partial charge on any atom is -0.364 e. The van der Waals surface area contributed by atoms with Crippen LogP contribution in [0.3, 0.4) is 0 Å². The van der Waals surface area contributed by atoms with Gasteiger partial charge in [0, 0.05) is 17.6 Å². The largest absolute Gasteiger partial charge is 0.364 e. The molecule has 2 N–H and O–H groups in total. The van der Waals surface area contributed by atoms with Crippen LogP contribution in [-0.4, -0.2) is 26.4 Å². The van der Waals surface area contributed by atoms with Crippen molar-refractivity contribution in [3.8, 4) is 0 Å². The summed E-state index contributed by atoms with van der Waals surface area (Å²) in [6, 6.07) is 9.51. The van der Waals surface area contributed by atoms with E-state index in [0.29, 0.717) is 12.2 Å². The highest BCUT2D eigenvalue weighted by Crippen LogP contribution is 2.33. The van der Waals surface area contributed by atoms with E-state index in [1.165, 1.54) is 6.33 Å². The number of pyridine rings is 1. The lowest BCUT2D eigenvalue weighted by atomic mass is 10.1. The van der Waals surface area contributed by atoms with Crippen LogP contribution in [0.15, 0.2) is 36.7 Å². The quantitative estimate of drug-likeness (QED) is 0.520. The van der Waals surface area contributed by atoms with Crippen molar-refractivity contribution in [1.29, 1.82) is 0 Å². The maximum Gasteiger partial charge on any atom is 0.353 e. The maximum atomic E-state index is 11.5. The fraction of sp³-hybridized carbons (Fsp3) is 0.235. The number of aromatic nitrogens is 3. The zero-order chi connectivity index (χ0) is 17.8. The van der Waals surface area contributed by atoms with Gasteiger partial charge in [0.15, 0.2) is 0 Å². The number of aryl methyl sites for hydroxylation is 1. The van der Waals surface area contributed by atoms with Crippen LogP contribution < -0.4 is 10.6 Å². The molecule has 0 fully saturated rings. The van der Waals surface area contributed by atoms with Gasteiger partial charge in [-0.1, -0.05) is 25.1 Å². The molecule has 0 aliphatic carbocycles. The number of para-hydroxylation sites is 1. The number of fused-ring (bicyclic) bond motifs is 1. The van der Waals surface area contributed by atoms with Crippen molar-refractivity contribution in [2.24, 2.45) is 0 Å². The fourth-order valence-electron chi connectivity index (χ4n) is 2.49. The van der Waals surface area contributed by atoms with Crippen LogP contribution >= 0.6 is 0 Å². The Hall–Kier alpha value is -3.29. The Morgan fingerprint density at radius 3 is 2.72 bits per heavy atom. The lowest BCUT2D eigenvalue weighted by molar-refractivity contribution is -0.383. The molecule has 0 unspecified atom stereocenters. The second-order valence-electron chi connectivity index (χ2n) is 5.56. The third kappa shape index (κ3) is 3.47. The van der Waals surface area contributed by atoms with Gasteiger partial charge in [-0.15, -0.1) is 0 Å². The molecule has 1 aromatic carbocycles. The van der Waals surface area contributed by atoms with Gasteiger partial charge in [-0.2, -0.15) is 0 Å². The van der Waals surface area contributed by atoms with Gasteiger partial charge in [0.2, 0.25) is 11.6 Å². The first-order valence-electron chi connectivity index (χ1n) is 7.96. The number of hydrogen-bond acceptors (Lipinski definition) is 7. The van der Waals surface area contributed by atoms with Crippen LogP contribution in [0, 0.1) is 17.0 Å². The molecule has 0 saturated carbocycles. The number of anilines is 3. The summed E-state index contributed by atoms with van der Waals surface area (Å²) in [5, 5.41) is 18.5. The molecule has 0 amide bonds. The average molecular weight is 338 g/mol. The molecule has 25 heavy (non-hydrogen) atoms. The van der Waals surface area contributed by atoms with Crippen LogP contribution in [0.1, 0.15) is 19.0 Å². The molecule has 3 aromatic rings. The first-order valence-corrected chi connectivity index (χ1v) is 7.96. The van der Waals surface area contributed by atoms with Crippen LogP contribution in [0.2, 0.25) is 0 Å². The van der Waals surface area contributed by atoms with E-state index in [4.69, 9.17) is 0 Å². The van der Waals surface area contributed by atoms with Crippen molar-refractivity contribution in [3.05, 3.63) is 52.5 Å². The second-order valence-corrected chi connectivity index (χ2v) is 5.56. The number of hydrogen-bond donors (Lipinski definition) is 2. The Labute approximate surface area is 144 Å². The number of nitrogens with one attached hydrogen (secondary N) is 2. The predicted octanol–water partition coefficient (Wildman–Crippen LogP) is 3.81. The van der Waals surface area contributed by atoms with Crippen LogP contribution in [0.25, 0.3) is 10.9 Å². The van der Waals surface area contributed by atoms with Crippen molar-refractivity contribution in [2.45, 2.75) is 20.3 Å². The molecule has 0 atom stereocenters. The zero-order valence-corrected chi connectivity index (χ0v) is 14.0. The third-order valence-electron chi connectivity index (χ3n) is 3.66. The van der Waals surface area contributed by atoms with Gasteiger partial charge in [-0.25, -0.2) is 9.97 Å². The average Bonchev–Trinajstić information content (AvgIpc) is 2.60. The highest BCUT2D eigenvalue weighted by Gasteiger charge is 2.23. The summed E-state index contributed by atoms with van der Waals surface area (Å²) < 4.78 is 0. The van der Waals surface area contributed by atoms with Gasteiger partial charge in [0.1, 0.15) is 6.33 Å². The molecule has 0 spiro atoms. The molecular weight excluding hydrogens is 320 g/mol. The Morgan fingerprint density at radius 2 is 1.96 bits per heavy atom. The van der Waals surface area contributed by atoms with E-state index in [9.17, 15) is 10.1 Å². The van der Waals surface area contributed by atoms with Crippen molar-refractivity contribution in [3.63, 3.8) is 0 Å². The molecule has 2 heterocycles. The molecule has 128 valence electrons. The van der Waals surface area contributed by atoms with Gasteiger partial charge in [-0.3, -0.25) is 15.1 Å². The third-order valence-corrected chi connectivity index (χ3v) is 3.66. The molecule has 8 nitrogen and oxygen atoms in total. The first kappa shape index (κ1) is 16.6. The first-order chi connectivity index (χ1) is 12.1. The molecule has 0 saturated heterocycles. The highest BCUT2D eigenvalue weighted by molar-refractivity contribution is 5.93. The second kappa shape index (κ2) is 7.08. The smallest absolute Gasteiger partial charge is 0.353 e. The molecule has 8 heteroatoms. The van der Waals surface area contributed by atoms with E-state index in [1.54, 1.807) is 0 Å². The van der Waals surface area contributed by atoms with E-state index < -0.39 is 4.92 Å². The van der Waals surface area contributed by atoms with Gasteiger partial charge in [0.25, 0.3) is 0 Å². The SMILES string of the molecule is CCCNc1ncnc(Nc2cccc3ccc(C)nc23)c1[N+](=O)[O-]. The number of benzene rings is 1. The molecule has 0 aliphatic heterocycles. The number of nitro groups is 1. The molecular formula is C17H18N6O2.